The Morgan fingerprint density at radius 1 is 0.889 bits per heavy atom. The van der Waals surface area contributed by atoms with Gasteiger partial charge in [0.2, 0.25) is 0 Å². The molecule has 0 unspecified atom stereocenters. The topological polar surface area (TPSA) is 109 Å². The summed E-state index contributed by atoms with van der Waals surface area (Å²) >= 11 is 0. The third-order valence-electron chi connectivity index (χ3n) is 8.51. The van der Waals surface area contributed by atoms with E-state index < -0.39 is 17.3 Å². The van der Waals surface area contributed by atoms with E-state index in [9.17, 15) is 14.4 Å². The molecule has 3 aromatic carbocycles. The Labute approximate surface area is 257 Å². The molecule has 0 atom stereocenters. The minimum absolute atomic E-state index is 0.0836. The number of nitrogens with one attached hydrogen (secondary N) is 1. The molecule has 9 nitrogen and oxygen atoms in total. The van der Waals surface area contributed by atoms with E-state index in [1.165, 1.54) is 43.2 Å². The third-order valence-corrected chi connectivity index (χ3v) is 8.51. The third kappa shape index (κ3) is 5.08. The maximum absolute atomic E-state index is 15.3. The highest BCUT2D eigenvalue weighted by Crippen LogP contribution is 2.54. The Morgan fingerprint density at radius 3 is 2.36 bits per heavy atom. The van der Waals surface area contributed by atoms with Gasteiger partial charge in [0.05, 0.1) is 19.7 Å². The molecule has 45 heavy (non-hydrogen) atoms. The van der Waals surface area contributed by atoms with E-state index in [1.807, 2.05) is 6.07 Å². The molecule has 0 saturated heterocycles. The van der Waals surface area contributed by atoms with E-state index in [1.54, 1.807) is 42.5 Å². The number of fused-ring (bicyclic) bond motifs is 2. The van der Waals surface area contributed by atoms with Gasteiger partial charge in [-0.3, -0.25) is 23.9 Å². The van der Waals surface area contributed by atoms with Crippen LogP contribution in [0.1, 0.15) is 45.7 Å². The summed E-state index contributed by atoms with van der Waals surface area (Å²) < 4.78 is 33.4. The fourth-order valence-electron chi connectivity index (χ4n) is 5.98. The number of carbonyl (C=O) groups is 2. The summed E-state index contributed by atoms with van der Waals surface area (Å²) in [6.07, 6.45) is 4.41. The van der Waals surface area contributed by atoms with Crippen LogP contribution in [-0.2, 0) is 6.42 Å². The summed E-state index contributed by atoms with van der Waals surface area (Å²) in [6, 6.07) is 19.3. The highest BCUT2D eigenvalue weighted by Gasteiger charge is 2.49. The first kappa shape index (κ1) is 28.3. The predicted octanol–water partition coefficient (Wildman–Crippen LogP) is 6.50. The number of para-hydroxylation sites is 1. The molecule has 2 aromatic heterocycles. The van der Waals surface area contributed by atoms with Crippen LogP contribution in [-0.4, -0.2) is 35.5 Å². The molecule has 2 heterocycles. The lowest BCUT2D eigenvalue weighted by Crippen LogP contribution is -2.35. The maximum Gasteiger partial charge on any atom is 0.268 e. The van der Waals surface area contributed by atoms with Crippen molar-refractivity contribution in [3.05, 3.63) is 112 Å². The van der Waals surface area contributed by atoms with Crippen LogP contribution < -0.4 is 25.1 Å². The lowest BCUT2D eigenvalue weighted by molar-refractivity contribution is 0.0938. The lowest BCUT2D eigenvalue weighted by Gasteiger charge is -2.27. The minimum Gasteiger partial charge on any atom is -0.493 e. The highest BCUT2D eigenvalue weighted by atomic mass is 19.1. The van der Waals surface area contributed by atoms with Gasteiger partial charge >= 0.3 is 0 Å². The van der Waals surface area contributed by atoms with Gasteiger partial charge in [-0.15, -0.1) is 0 Å². The van der Waals surface area contributed by atoms with Crippen LogP contribution in [0.15, 0.2) is 83.8 Å². The van der Waals surface area contributed by atoms with Crippen LogP contribution in [0.2, 0.25) is 0 Å². The predicted molar refractivity (Wildman–Crippen MR) is 166 cm³/mol. The van der Waals surface area contributed by atoms with Crippen LogP contribution in [0.5, 0.6) is 23.0 Å². The molecule has 0 radical (unpaired) electrons. The Kier molecular flexibility index (Phi) is 6.84. The molecule has 2 aliphatic rings. The molecule has 0 bridgehead atoms. The molecule has 1 fully saturated rings. The Morgan fingerprint density at radius 2 is 1.64 bits per heavy atom. The standard InChI is InChI=1S/C35H28FN3O6/c1-43-31-16-22-26(17-32(31)44-2)37-13-10-29(22)45-30-9-8-20(14-25(30)36)38-33(41)24-15-23-27(18-35(11-12-35)19-28(23)40)39(34(24)42)21-6-4-3-5-7-21/h3-10,13-17H,11-12,18-19H2,1-2H3,(H,38,41). The fraction of sp³-hybridized carbons (Fsp3) is 0.200. The molecule has 1 N–H and O–H groups in total. The van der Waals surface area contributed by atoms with Gasteiger partial charge in [0.15, 0.2) is 28.8 Å². The Balaban J connectivity index is 1.19. The van der Waals surface area contributed by atoms with Crippen molar-refractivity contribution in [1.29, 1.82) is 0 Å². The molecule has 226 valence electrons. The first-order valence-corrected chi connectivity index (χ1v) is 14.5. The van der Waals surface area contributed by atoms with Gasteiger partial charge in [-0.25, -0.2) is 4.39 Å². The van der Waals surface area contributed by atoms with Crippen molar-refractivity contribution in [1.82, 2.24) is 9.55 Å². The number of hydrogen-bond acceptors (Lipinski definition) is 7. The summed E-state index contributed by atoms with van der Waals surface area (Å²) in [6.45, 7) is 0. The number of ether oxygens (including phenoxy) is 3. The molecule has 2 aliphatic carbocycles. The van der Waals surface area contributed by atoms with E-state index in [0.29, 0.717) is 57.9 Å². The minimum atomic E-state index is -0.749. The monoisotopic (exact) mass is 605 g/mol. The number of carbonyl (C=O) groups excluding carboxylic acids is 2. The van der Waals surface area contributed by atoms with E-state index in [4.69, 9.17) is 14.2 Å². The highest BCUT2D eigenvalue weighted by molar-refractivity contribution is 6.07. The van der Waals surface area contributed by atoms with Crippen molar-refractivity contribution in [3.63, 3.8) is 0 Å². The second-order valence-corrected chi connectivity index (χ2v) is 11.4. The number of benzene rings is 3. The van der Waals surface area contributed by atoms with Gasteiger partial charge < -0.3 is 19.5 Å². The van der Waals surface area contributed by atoms with Crippen LogP contribution >= 0.6 is 0 Å². The number of nitrogens with zero attached hydrogens (tertiary/aromatic N) is 2. The average Bonchev–Trinajstić information content (AvgIpc) is 3.79. The Hall–Kier alpha value is -5.51. The van der Waals surface area contributed by atoms with Crippen molar-refractivity contribution in [2.75, 3.05) is 19.5 Å². The summed E-state index contributed by atoms with van der Waals surface area (Å²) in [5.74, 6) is -0.369. The first-order valence-electron chi connectivity index (χ1n) is 14.5. The molecule has 5 aromatic rings. The summed E-state index contributed by atoms with van der Waals surface area (Å²) in [5, 5.41) is 3.20. The Bertz CT molecular complexity index is 2070. The van der Waals surface area contributed by atoms with Gasteiger partial charge in [0.1, 0.15) is 11.3 Å². The quantitative estimate of drug-likeness (QED) is 0.226. The normalized spacial score (nSPS) is 14.6. The number of methoxy groups -OCH3 is 2. The second-order valence-electron chi connectivity index (χ2n) is 11.4. The number of halogens is 1. The molecule has 1 spiro atoms. The fourth-order valence-corrected chi connectivity index (χ4v) is 5.98. The zero-order valence-corrected chi connectivity index (χ0v) is 24.6. The second kappa shape index (κ2) is 10.9. The van der Waals surface area contributed by atoms with Gasteiger partial charge in [-0.05, 0) is 67.1 Å². The lowest BCUT2D eigenvalue weighted by atomic mass is 9.82. The number of anilines is 1. The van der Waals surface area contributed by atoms with Crippen LogP contribution in [0.25, 0.3) is 16.6 Å². The molecule has 1 amide bonds. The maximum atomic E-state index is 15.3. The SMILES string of the molecule is COc1cc2nccc(Oc3ccc(NC(=O)c4cc5c(n(-c6ccccc6)c4=O)CC4(CC4)CC5=O)cc3F)c2cc1OC. The van der Waals surface area contributed by atoms with Gasteiger partial charge in [0.25, 0.3) is 11.5 Å². The molecule has 1 saturated carbocycles. The van der Waals surface area contributed by atoms with Crippen molar-refractivity contribution in [2.24, 2.45) is 5.41 Å². The zero-order chi connectivity index (χ0) is 31.3. The van der Waals surface area contributed by atoms with E-state index in [2.05, 4.69) is 10.3 Å². The number of ketones is 1. The largest absolute Gasteiger partial charge is 0.493 e. The van der Waals surface area contributed by atoms with Crippen LogP contribution in [0.4, 0.5) is 10.1 Å². The number of rotatable bonds is 7. The zero-order valence-electron chi connectivity index (χ0n) is 24.6. The average molecular weight is 606 g/mol. The van der Waals surface area contributed by atoms with Gasteiger partial charge in [-0.1, -0.05) is 18.2 Å². The van der Waals surface area contributed by atoms with Crippen LogP contribution in [0, 0.1) is 11.2 Å². The first-order chi connectivity index (χ1) is 21.8. The smallest absolute Gasteiger partial charge is 0.268 e. The van der Waals surface area contributed by atoms with E-state index >= 15 is 4.39 Å². The van der Waals surface area contributed by atoms with Crippen molar-refractivity contribution in [2.45, 2.75) is 25.7 Å². The molecular weight excluding hydrogens is 577 g/mol. The number of amides is 1. The van der Waals surface area contributed by atoms with E-state index in [0.717, 1.165) is 18.9 Å². The number of Topliss-reactive ketones (excluding diaryl/α,β-unsaturated/α-hetero) is 1. The van der Waals surface area contributed by atoms with Crippen molar-refractivity contribution in [3.8, 4) is 28.7 Å². The molecule has 10 heteroatoms. The molecule has 0 aliphatic heterocycles. The van der Waals surface area contributed by atoms with Gasteiger partial charge in [0, 0.05) is 52.8 Å². The number of pyridine rings is 2. The van der Waals surface area contributed by atoms with Gasteiger partial charge in [-0.2, -0.15) is 0 Å². The van der Waals surface area contributed by atoms with Crippen molar-refractivity contribution >= 4 is 28.3 Å². The van der Waals surface area contributed by atoms with E-state index in [-0.39, 0.29) is 28.2 Å². The molecular formula is C35H28FN3O6. The summed E-state index contributed by atoms with van der Waals surface area (Å²) in [7, 11) is 3.03. The van der Waals surface area contributed by atoms with Crippen LogP contribution in [0.3, 0.4) is 0 Å². The van der Waals surface area contributed by atoms with Crippen molar-refractivity contribution < 1.29 is 28.2 Å². The number of hydrogen-bond donors (Lipinski definition) is 1. The summed E-state index contributed by atoms with van der Waals surface area (Å²) in [5.41, 5.74) is 1.41. The summed E-state index contributed by atoms with van der Waals surface area (Å²) in [4.78, 5) is 44.8. The number of aromatic nitrogens is 2. The molecule has 7 rings (SSSR count).